The summed E-state index contributed by atoms with van der Waals surface area (Å²) in [5.41, 5.74) is 0.111. The molecular weight excluding hydrogens is 735 g/mol. The van der Waals surface area contributed by atoms with E-state index in [1.54, 1.807) is 6.07 Å². The second-order valence-corrected chi connectivity index (χ2v) is 11.8. The van der Waals surface area contributed by atoms with Gasteiger partial charge in [-0.05, 0) is 29.8 Å². The lowest BCUT2D eigenvalue weighted by Gasteiger charge is -2.25. The predicted octanol–water partition coefficient (Wildman–Crippen LogP) is 3.44. The number of carbonyl (C=O) groups is 4. The highest BCUT2D eigenvalue weighted by Crippen LogP contribution is 2.51. The SMILES string of the molecule is COc1c2oc3c(OC)c(O)c(Cl)cc3c(-c3ccc(OCCOCCN(CC(=O)O)CC(=O)O)c(N(CC(=O)O)CC(=O)O)c3)c-2cc(Cl)c1=O. The van der Waals surface area contributed by atoms with Crippen molar-refractivity contribution in [3.05, 3.63) is 50.6 Å². The fourth-order valence-corrected chi connectivity index (χ4v) is 5.79. The number of hydrogen-bond acceptors (Lipinski definition) is 13. The molecule has 0 atom stereocenters. The summed E-state index contributed by atoms with van der Waals surface area (Å²) in [5.74, 6) is -6.07. The lowest BCUT2D eigenvalue weighted by Crippen LogP contribution is -2.37. The third-order valence-corrected chi connectivity index (χ3v) is 8.02. The van der Waals surface area contributed by atoms with Crippen LogP contribution in [0.5, 0.6) is 23.0 Å². The number of phenolic OH excluding ortho intramolecular Hbond substituents is 1. The lowest BCUT2D eigenvalue weighted by molar-refractivity contribution is -0.142. The molecule has 0 amide bonds. The lowest BCUT2D eigenvalue weighted by atomic mass is 9.92. The zero-order chi connectivity index (χ0) is 38.3. The van der Waals surface area contributed by atoms with E-state index in [2.05, 4.69) is 0 Å². The van der Waals surface area contributed by atoms with E-state index in [1.807, 2.05) is 0 Å². The van der Waals surface area contributed by atoms with E-state index in [1.165, 1.54) is 38.5 Å². The molecule has 5 N–H and O–H groups in total. The highest BCUT2D eigenvalue weighted by atomic mass is 35.5. The molecule has 2 aromatic carbocycles. The summed E-state index contributed by atoms with van der Waals surface area (Å²) in [5, 5.41) is 47.9. The molecule has 0 saturated heterocycles. The van der Waals surface area contributed by atoms with Gasteiger partial charge in [-0.2, -0.15) is 0 Å². The first-order chi connectivity index (χ1) is 24.7. The summed E-state index contributed by atoms with van der Waals surface area (Å²) < 4.78 is 28.2. The number of halogens is 2. The second-order valence-electron chi connectivity index (χ2n) is 11.0. The Labute approximate surface area is 303 Å². The summed E-state index contributed by atoms with van der Waals surface area (Å²) in [6, 6.07) is 7.16. The van der Waals surface area contributed by atoms with E-state index in [-0.39, 0.29) is 81.6 Å². The Morgan fingerprint density at radius 1 is 0.788 bits per heavy atom. The number of aliphatic carboxylic acids is 4. The highest BCUT2D eigenvalue weighted by Gasteiger charge is 2.29. The van der Waals surface area contributed by atoms with Gasteiger partial charge in [0.15, 0.2) is 17.1 Å². The minimum atomic E-state index is -1.35. The molecule has 19 heteroatoms. The molecule has 0 radical (unpaired) electrons. The fourth-order valence-electron chi connectivity index (χ4n) is 5.40. The number of nitrogens with zero attached hydrogens (tertiary/aromatic N) is 2. The first kappa shape index (κ1) is 39.3. The number of phenols is 1. The van der Waals surface area contributed by atoms with Gasteiger partial charge >= 0.3 is 23.9 Å². The van der Waals surface area contributed by atoms with E-state index in [9.17, 15) is 39.3 Å². The second kappa shape index (κ2) is 17.1. The number of aromatic hydroxyl groups is 1. The van der Waals surface area contributed by atoms with E-state index in [0.717, 1.165) is 9.80 Å². The number of methoxy groups -OCH3 is 2. The highest BCUT2D eigenvalue weighted by molar-refractivity contribution is 6.34. The number of rotatable bonds is 19. The van der Waals surface area contributed by atoms with Crippen LogP contribution in [0.1, 0.15) is 0 Å². The van der Waals surface area contributed by atoms with Gasteiger partial charge in [0.05, 0.1) is 56.3 Å². The van der Waals surface area contributed by atoms with Crippen molar-refractivity contribution >= 4 is 63.7 Å². The quantitative estimate of drug-likeness (QED) is 0.0678. The molecule has 4 rings (SSSR count). The summed E-state index contributed by atoms with van der Waals surface area (Å²) in [4.78, 5) is 61.0. The fraction of sp³-hybridized carbons (Fsp3) is 0.303. The zero-order valence-corrected chi connectivity index (χ0v) is 29.0. The van der Waals surface area contributed by atoms with Gasteiger partial charge < -0.3 is 53.8 Å². The van der Waals surface area contributed by atoms with E-state index in [0.29, 0.717) is 11.1 Å². The van der Waals surface area contributed by atoms with Gasteiger partial charge in [-0.25, -0.2) is 0 Å². The number of carboxylic acids is 4. The maximum absolute atomic E-state index is 12.9. The first-order valence-electron chi connectivity index (χ1n) is 15.1. The number of fused-ring (bicyclic) bond motifs is 2. The van der Waals surface area contributed by atoms with Crippen molar-refractivity contribution in [2.75, 3.05) is 71.7 Å². The van der Waals surface area contributed by atoms with Crippen LogP contribution in [0.25, 0.3) is 33.4 Å². The predicted molar refractivity (Wildman–Crippen MR) is 185 cm³/mol. The molecule has 52 heavy (non-hydrogen) atoms. The van der Waals surface area contributed by atoms with Gasteiger partial charge in [0.1, 0.15) is 25.4 Å². The van der Waals surface area contributed by atoms with Crippen LogP contribution in [0.15, 0.2) is 39.5 Å². The van der Waals surface area contributed by atoms with Gasteiger partial charge in [0.2, 0.25) is 16.9 Å². The molecular formula is C33H32Cl2N2O15. The Kier molecular flexibility index (Phi) is 13.0. The number of benzene rings is 3. The van der Waals surface area contributed by atoms with Gasteiger partial charge in [-0.1, -0.05) is 29.3 Å². The molecule has 0 saturated carbocycles. The van der Waals surface area contributed by atoms with Crippen LogP contribution < -0.4 is 24.5 Å². The van der Waals surface area contributed by atoms with Crippen LogP contribution in [-0.4, -0.2) is 121 Å². The number of hydrogen-bond donors (Lipinski definition) is 5. The number of ether oxygens (including phenoxy) is 4. The van der Waals surface area contributed by atoms with Crippen molar-refractivity contribution in [2.24, 2.45) is 0 Å². The topological polar surface area (TPSA) is 243 Å². The van der Waals surface area contributed by atoms with Gasteiger partial charge in [0.25, 0.3) is 0 Å². The van der Waals surface area contributed by atoms with Crippen molar-refractivity contribution < 1.29 is 68.1 Å². The summed E-state index contributed by atoms with van der Waals surface area (Å²) >= 11 is 12.7. The molecule has 2 aliphatic rings. The molecule has 0 aromatic heterocycles. The summed E-state index contributed by atoms with van der Waals surface area (Å²) in [7, 11) is 2.49. The van der Waals surface area contributed by atoms with Crippen molar-refractivity contribution in [3.63, 3.8) is 0 Å². The van der Waals surface area contributed by atoms with Gasteiger partial charge in [0, 0.05) is 23.1 Å². The zero-order valence-electron chi connectivity index (χ0n) is 27.5. The minimum absolute atomic E-state index is 0.00988. The average Bonchev–Trinajstić information content (AvgIpc) is 3.06. The van der Waals surface area contributed by atoms with E-state index < -0.39 is 61.2 Å². The smallest absolute Gasteiger partial charge is 0.323 e. The standard InChI is InChI=1S/C33H32Cl2N2O15/c1-48-32-28(46)19(34)10-17-27(18-11-20(35)29(47)33(49-2)31(18)52-30(17)32)16-3-4-22(21(9-16)37(14-25(42)43)15-26(44)45)51-8-7-50-6-5-36(12-23(38)39)13-24(40)41/h3-4,9-11,46H,5-8,12-15H2,1-2H3,(H,38,39)(H,40,41)(H,42,43)(H,44,45). The van der Waals surface area contributed by atoms with Crippen LogP contribution in [0.2, 0.25) is 10.0 Å². The number of anilines is 1. The van der Waals surface area contributed by atoms with Gasteiger partial charge in [-0.3, -0.25) is 28.9 Å². The van der Waals surface area contributed by atoms with Crippen LogP contribution in [-0.2, 0) is 23.9 Å². The molecule has 0 unspecified atom stereocenters. The molecule has 278 valence electrons. The number of carboxylic acid groups (broad SMARTS) is 4. The Balaban J connectivity index is 1.82. The average molecular weight is 768 g/mol. The maximum atomic E-state index is 12.9. The van der Waals surface area contributed by atoms with Crippen molar-refractivity contribution in [1.82, 2.24) is 4.90 Å². The third-order valence-electron chi connectivity index (χ3n) is 7.45. The van der Waals surface area contributed by atoms with Crippen LogP contribution in [0, 0.1) is 0 Å². The third kappa shape index (κ3) is 9.05. The Hall–Kier alpha value is -5.49. The van der Waals surface area contributed by atoms with Crippen LogP contribution in [0.3, 0.4) is 0 Å². The largest absolute Gasteiger partial charge is 0.503 e. The maximum Gasteiger partial charge on any atom is 0.323 e. The molecule has 0 spiro atoms. The monoisotopic (exact) mass is 766 g/mol. The summed E-state index contributed by atoms with van der Waals surface area (Å²) in [6.45, 7) is -2.81. The van der Waals surface area contributed by atoms with Gasteiger partial charge in [-0.15, -0.1) is 0 Å². The van der Waals surface area contributed by atoms with Crippen LogP contribution in [0.4, 0.5) is 5.69 Å². The molecule has 0 bridgehead atoms. The Bertz CT molecular complexity index is 2000. The Morgan fingerprint density at radius 2 is 1.40 bits per heavy atom. The van der Waals surface area contributed by atoms with E-state index >= 15 is 0 Å². The normalized spacial score (nSPS) is 11.2. The van der Waals surface area contributed by atoms with Crippen molar-refractivity contribution in [2.45, 2.75) is 0 Å². The molecule has 1 aliphatic heterocycles. The first-order valence-corrected chi connectivity index (χ1v) is 15.8. The molecule has 0 fully saturated rings. The Morgan fingerprint density at radius 3 is 1.98 bits per heavy atom. The molecule has 2 aromatic rings. The van der Waals surface area contributed by atoms with E-state index in [4.69, 9.17) is 56.8 Å². The summed E-state index contributed by atoms with van der Waals surface area (Å²) in [6.07, 6.45) is 0. The van der Waals surface area contributed by atoms with Crippen molar-refractivity contribution in [3.8, 4) is 45.4 Å². The van der Waals surface area contributed by atoms with Crippen molar-refractivity contribution in [1.29, 1.82) is 0 Å². The molecule has 1 heterocycles. The molecule has 1 aliphatic carbocycles. The van der Waals surface area contributed by atoms with Crippen LogP contribution >= 0.6 is 23.2 Å². The molecule has 17 nitrogen and oxygen atoms in total. The minimum Gasteiger partial charge on any atom is -0.503 e.